The fraction of sp³-hybridized carbons (Fsp3) is 0.609. The van der Waals surface area contributed by atoms with E-state index in [1.54, 1.807) is 4.90 Å². The van der Waals surface area contributed by atoms with Crippen LogP contribution in [0.15, 0.2) is 29.3 Å². The predicted octanol–water partition coefficient (Wildman–Crippen LogP) is 2.48. The van der Waals surface area contributed by atoms with Gasteiger partial charge < -0.3 is 25.2 Å². The van der Waals surface area contributed by atoms with Gasteiger partial charge >= 0.3 is 6.09 Å². The van der Waals surface area contributed by atoms with Gasteiger partial charge in [0.15, 0.2) is 5.96 Å². The van der Waals surface area contributed by atoms with Crippen LogP contribution < -0.4 is 10.6 Å². The van der Waals surface area contributed by atoms with E-state index in [-0.39, 0.29) is 18.0 Å². The van der Waals surface area contributed by atoms with Crippen LogP contribution in [0.5, 0.6) is 0 Å². The van der Waals surface area contributed by atoms with Crippen LogP contribution in [0.25, 0.3) is 0 Å². The number of nitrogens with zero attached hydrogens (tertiary/aromatic N) is 3. The van der Waals surface area contributed by atoms with Crippen molar-refractivity contribution in [3.63, 3.8) is 0 Å². The highest BCUT2D eigenvalue weighted by molar-refractivity contribution is 5.80. The Bertz CT molecular complexity index is 812. The van der Waals surface area contributed by atoms with Gasteiger partial charge in [0, 0.05) is 39.1 Å². The zero-order chi connectivity index (χ0) is 22.4. The highest BCUT2D eigenvalue weighted by atomic mass is 16.6. The molecule has 0 aliphatic carbocycles. The molecular weight excluding hydrogens is 394 g/mol. The molecule has 31 heavy (non-hydrogen) atoms. The lowest BCUT2D eigenvalue weighted by molar-refractivity contribution is -0.128. The van der Waals surface area contributed by atoms with Crippen molar-refractivity contribution in [3.8, 4) is 0 Å². The molecule has 3 rings (SSSR count). The first-order chi connectivity index (χ1) is 14.7. The fourth-order valence-corrected chi connectivity index (χ4v) is 3.65. The molecule has 170 valence electrons. The van der Waals surface area contributed by atoms with Gasteiger partial charge in [-0.15, -0.1) is 0 Å². The van der Waals surface area contributed by atoms with Crippen molar-refractivity contribution >= 4 is 18.0 Å². The van der Waals surface area contributed by atoms with Crippen molar-refractivity contribution in [1.29, 1.82) is 0 Å². The van der Waals surface area contributed by atoms with Crippen LogP contribution in [0.1, 0.15) is 51.7 Å². The minimum absolute atomic E-state index is 0.151. The number of likely N-dealkylation sites (tertiary alicyclic amines) is 2. The fourth-order valence-electron chi connectivity index (χ4n) is 3.65. The van der Waals surface area contributed by atoms with Gasteiger partial charge in [0.2, 0.25) is 5.91 Å². The quantitative estimate of drug-likeness (QED) is 0.536. The molecule has 0 radical (unpaired) electrons. The zero-order valence-electron chi connectivity index (χ0n) is 19.1. The Balaban J connectivity index is 1.51. The molecule has 2 N–H and O–H groups in total. The lowest BCUT2D eigenvalue weighted by atomic mass is 10.1. The number of amides is 2. The second kappa shape index (κ2) is 10.0. The van der Waals surface area contributed by atoms with Gasteiger partial charge in [0.25, 0.3) is 0 Å². The summed E-state index contributed by atoms with van der Waals surface area (Å²) in [5.74, 6) is 0.972. The molecule has 8 nitrogen and oxygen atoms in total. The van der Waals surface area contributed by atoms with E-state index in [4.69, 9.17) is 9.73 Å². The Morgan fingerprint density at radius 1 is 1.26 bits per heavy atom. The van der Waals surface area contributed by atoms with Crippen LogP contribution in [-0.4, -0.2) is 65.6 Å². The van der Waals surface area contributed by atoms with E-state index in [0.717, 1.165) is 36.6 Å². The SMILES string of the molecule is CCNC(=NCc1cccc(CN2CCCC2=O)c1)NC1CN(C(=O)OC(C)(C)C)C1. The standard InChI is InChI=1S/C23H35N5O3/c1-5-24-21(26-19-15-28(16-19)22(30)31-23(2,3)4)25-13-17-8-6-9-18(12-17)14-27-11-7-10-20(27)29/h6,8-9,12,19H,5,7,10-11,13-16H2,1-4H3,(H2,24,25,26). The van der Waals surface area contributed by atoms with E-state index in [0.29, 0.717) is 32.6 Å². The molecule has 0 aromatic heterocycles. The van der Waals surface area contributed by atoms with Crippen LogP contribution in [0.3, 0.4) is 0 Å². The van der Waals surface area contributed by atoms with Gasteiger partial charge in [0.05, 0.1) is 12.6 Å². The maximum Gasteiger partial charge on any atom is 0.410 e. The molecule has 1 aromatic carbocycles. The molecule has 8 heteroatoms. The predicted molar refractivity (Wildman–Crippen MR) is 121 cm³/mol. The number of guanidine groups is 1. The number of carbonyl (C=O) groups excluding carboxylic acids is 2. The summed E-state index contributed by atoms with van der Waals surface area (Å²) in [5, 5.41) is 6.65. The summed E-state index contributed by atoms with van der Waals surface area (Å²) in [7, 11) is 0. The molecule has 2 aliphatic heterocycles. The first kappa shape index (κ1) is 22.9. The van der Waals surface area contributed by atoms with E-state index < -0.39 is 5.60 Å². The van der Waals surface area contributed by atoms with Crippen molar-refractivity contribution in [3.05, 3.63) is 35.4 Å². The average Bonchev–Trinajstić information content (AvgIpc) is 3.05. The third kappa shape index (κ3) is 6.87. The van der Waals surface area contributed by atoms with Crippen LogP contribution in [-0.2, 0) is 22.6 Å². The van der Waals surface area contributed by atoms with Crippen molar-refractivity contribution in [2.75, 3.05) is 26.2 Å². The first-order valence-corrected chi connectivity index (χ1v) is 11.1. The van der Waals surface area contributed by atoms with E-state index in [9.17, 15) is 9.59 Å². The Hall–Kier alpha value is -2.77. The normalized spacial score (nSPS) is 17.5. The summed E-state index contributed by atoms with van der Waals surface area (Å²) in [6.45, 7) is 11.6. The largest absolute Gasteiger partial charge is 0.444 e. The molecular formula is C23H35N5O3. The smallest absolute Gasteiger partial charge is 0.410 e. The lowest BCUT2D eigenvalue weighted by Crippen LogP contribution is -2.63. The number of aliphatic imine (C=N–C) groups is 1. The van der Waals surface area contributed by atoms with Crippen molar-refractivity contribution in [2.45, 2.75) is 65.3 Å². The summed E-state index contributed by atoms with van der Waals surface area (Å²) in [6, 6.07) is 8.40. The maximum absolute atomic E-state index is 12.1. The highest BCUT2D eigenvalue weighted by Gasteiger charge is 2.34. The van der Waals surface area contributed by atoms with E-state index >= 15 is 0 Å². The molecule has 0 saturated carbocycles. The van der Waals surface area contributed by atoms with Crippen molar-refractivity contribution in [2.24, 2.45) is 4.99 Å². The average molecular weight is 430 g/mol. The summed E-state index contributed by atoms with van der Waals surface area (Å²) in [6.07, 6.45) is 1.34. The number of nitrogens with one attached hydrogen (secondary N) is 2. The molecule has 2 fully saturated rings. The zero-order valence-corrected chi connectivity index (χ0v) is 19.1. The molecule has 2 amide bonds. The van der Waals surface area contributed by atoms with Gasteiger partial charge in [0.1, 0.15) is 5.60 Å². The molecule has 0 atom stereocenters. The second-order valence-corrected chi connectivity index (χ2v) is 9.16. The van der Waals surface area contributed by atoms with E-state index in [2.05, 4.69) is 28.8 Å². The Morgan fingerprint density at radius 3 is 2.65 bits per heavy atom. The topological polar surface area (TPSA) is 86.3 Å². The molecule has 2 saturated heterocycles. The van der Waals surface area contributed by atoms with Crippen molar-refractivity contribution < 1.29 is 14.3 Å². The number of carbonyl (C=O) groups is 2. The van der Waals surface area contributed by atoms with Crippen molar-refractivity contribution in [1.82, 2.24) is 20.4 Å². The third-order valence-corrected chi connectivity index (χ3v) is 5.17. The van der Waals surface area contributed by atoms with E-state index in [1.807, 2.05) is 38.7 Å². The summed E-state index contributed by atoms with van der Waals surface area (Å²) < 4.78 is 5.40. The second-order valence-electron chi connectivity index (χ2n) is 9.16. The summed E-state index contributed by atoms with van der Waals surface area (Å²) >= 11 is 0. The molecule has 2 heterocycles. The van der Waals surface area contributed by atoms with Gasteiger partial charge in [-0.2, -0.15) is 0 Å². The minimum Gasteiger partial charge on any atom is -0.444 e. The summed E-state index contributed by atoms with van der Waals surface area (Å²) in [4.78, 5) is 32.3. The molecule has 0 bridgehead atoms. The van der Waals surface area contributed by atoms with Crippen LogP contribution in [0.4, 0.5) is 4.79 Å². The number of ether oxygens (including phenoxy) is 1. The molecule has 0 unspecified atom stereocenters. The maximum atomic E-state index is 12.1. The third-order valence-electron chi connectivity index (χ3n) is 5.17. The molecule has 2 aliphatic rings. The monoisotopic (exact) mass is 429 g/mol. The Kier molecular flexibility index (Phi) is 7.41. The number of hydrogen-bond acceptors (Lipinski definition) is 4. The van der Waals surface area contributed by atoms with E-state index in [1.165, 1.54) is 0 Å². The van der Waals surface area contributed by atoms with Gasteiger partial charge in [-0.1, -0.05) is 24.3 Å². The Labute approximate surface area is 185 Å². The number of hydrogen-bond donors (Lipinski definition) is 2. The lowest BCUT2D eigenvalue weighted by Gasteiger charge is -2.40. The highest BCUT2D eigenvalue weighted by Crippen LogP contribution is 2.17. The summed E-state index contributed by atoms with van der Waals surface area (Å²) in [5.41, 5.74) is 1.75. The van der Waals surface area contributed by atoms with Crippen LogP contribution in [0.2, 0.25) is 0 Å². The van der Waals surface area contributed by atoms with Crippen LogP contribution in [0, 0.1) is 0 Å². The van der Waals surface area contributed by atoms with Gasteiger partial charge in [-0.05, 0) is 45.2 Å². The van der Waals surface area contributed by atoms with Crippen LogP contribution >= 0.6 is 0 Å². The number of benzene rings is 1. The first-order valence-electron chi connectivity index (χ1n) is 11.1. The van der Waals surface area contributed by atoms with Gasteiger partial charge in [-0.25, -0.2) is 9.79 Å². The van der Waals surface area contributed by atoms with Gasteiger partial charge in [-0.3, -0.25) is 4.79 Å². The molecule has 0 spiro atoms. The number of rotatable bonds is 6. The Morgan fingerprint density at radius 2 is 2.00 bits per heavy atom. The minimum atomic E-state index is -0.484. The molecule has 1 aromatic rings.